The van der Waals surface area contributed by atoms with Crippen LogP contribution in [0.4, 0.5) is 0 Å². The fourth-order valence-corrected chi connectivity index (χ4v) is 2.55. The van der Waals surface area contributed by atoms with Gasteiger partial charge < -0.3 is 20.0 Å². The molecule has 0 spiro atoms. The van der Waals surface area contributed by atoms with Crippen molar-refractivity contribution in [2.45, 2.75) is 38.5 Å². The number of nitrogens with zero attached hydrogens (tertiary/aromatic N) is 2. The Morgan fingerprint density at radius 1 is 0.750 bits per heavy atom. The highest BCUT2D eigenvalue weighted by Crippen LogP contribution is 2.10. The summed E-state index contributed by atoms with van der Waals surface area (Å²) in [7, 11) is 0. The lowest BCUT2D eigenvalue weighted by atomic mass is 10.1. The second-order valence-corrected chi connectivity index (χ2v) is 6.41. The monoisotopic (exact) mass is 338 g/mol. The first-order valence-electron chi connectivity index (χ1n) is 8.67. The highest BCUT2D eigenvalue weighted by Gasteiger charge is 2.16. The average molecular weight is 338 g/mol. The third-order valence-electron chi connectivity index (χ3n) is 4.25. The van der Waals surface area contributed by atoms with Crippen LogP contribution in [0.15, 0.2) is 24.3 Å². The van der Waals surface area contributed by atoms with Gasteiger partial charge in [-0.1, -0.05) is 13.2 Å². The molecule has 2 aliphatic heterocycles. The van der Waals surface area contributed by atoms with Gasteiger partial charge in [-0.3, -0.25) is 0 Å². The van der Waals surface area contributed by atoms with E-state index < -0.39 is 11.9 Å². The third kappa shape index (κ3) is 9.47. The van der Waals surface area contributed by atoms with Gasteiger partial charge in [0.1, 0.15) is 0 Å². The van der Waals surface area contributed by atoms with Crippen LogP contribution in [-0.2, 0) is 9.59 Å². The van der Waals surface area contributed by atoms with Crippen molar-refractivity contribution < 1.29 is 19.8 Å². The molecular formula is C18H30N2O4. The summed E-state index contributed by atoms with van der Waals surface area (Å²) in [5.74, 6) is -1.72. The minimum atomic E-state index is -0.865. The number of carboxylic acid groups (broad SMARTS) is 2. The van der Waals surface area contributed by atoms with Crippen LogP contribution >= 0.6 is 0 Å². The summed E-state index contributed by atoms with van der Waals surface area (Å²) in [6, 6.07) is 0. The van der Waals surface area contributed by atoms with Crippen molar-refractivity contribution in [1.29, 1.82) is 0 Å². The predicted molar refractivity (Wildman–Crippen MR) is 94.1 cm³/mol. The first kappa shape index (κ1) is 20.4. The lowest BCUT2D eigenvalue weighted by Crippen LogP contribution is -2.20. The Morgan fingerprint density at radius 3 is 1.46 bits per heavy atom. The standard InChI is InChI=1S/C10H17NO2.C8H13NO2/c1-9(10(12)13)5-4-8-11-6-2-3-7-11;1-7(8(10)11)3-2-4-9-5-6-9/h1-8H2,(H,12,13);1-6H2,(H,10,11). The van der Waals surface area contributed by atoms with Crippen molar-refractivity contribution in [1.82, 2.24) is 9.80 Å². The molecule has 2 heterocycles. The van der Waals surface area contributed by atoms with Crippen LogP contribution in [0.25, 0.3) is 0 Å². The molecule has 0 aromatic carbocycles. The first-order valence-corrected chi connectivity index (χ1v) is 8.67. The van der Waals surface area contributed by atoms with Gasteiger partial charge in [-0.05, 0) is 64.7 Å². The maximum Gasteiger partial charge on any atom is 0.330 e. The Kier molecular flexibility index (Phi) is 9.34. The zero-order valence-corrected chi connectivity index (χ0v) is 14.5. The molecule has 0 aliphatic carbocycles. The third-order valence-corrected chi connectivity index (χ3v) is 4.25. The van der Waals surface area contributed by atoms with E-state index in [1.807, 2.05) is 0 Å². The highest BCUT2D eigenvalue weighted by molar-refractivity contribution is 5.85. The van der Waals surface area contributed by atoms with E-state index in [4.69, 9.17) is 10.2 Å². The molecule has 6 nitrogen and oxygen atoms in total. The number of aliphatic carboxylic acids is 2. The van der Waals surface area contributed by atoms with Gasteiger partial charge in [-0.15, -0.1) is 0 Å². The maximum absolute atomic E-state index is 10.4. The number of likely N-dealkylation sites (tertiary alicyclic amines) is 1. The second-order valence-electron chi connectivity index (χ2n) is 6.41. The molecule has 0 radical (unpaired) electrons. The Hall–Kier alpha value is -1.66. The molecule has 6 heteroatoms. The lowest BCUT2D eigenvalue weighted by Gasteiger charge is -2.13. The van der Waals surface area contributed by atoms with Crippen LogP contribution < -0.4 is 0 Å². The molecule has 24 heavy (non-hydrogen) atoms. The van der Waals surface area contributed by atoms with Gasteiger partial charge in [0.25, 0.3) is 0 Å². The largest absolute Gasteiger partial charge is 0.478 e. The van der Waals surface area contributed by atoms with Crippen molar-refractivity contribution in [3.63, 3.8) is 0 Å². The number of carboxylic acids is 2. The van der Waals surface area contributed by atoms with E-state index in [0.29, 0.717) is 24.0 Å². The molecular weight excluding hydrogens is 308 g/mol. The number of hydrogen-bond acceptors (Lipinski definition) is 4. The van der Waals surface area contributed by atoms with E-state index >= 15 is 0 Å². The van der Waals surface area contributed by atoms with E-state index in [1.54, 1.807) is 0 Å². The average Bonchev–Trinajstić information content (AvgIpc) is 3.21. The predicted octanol–water partition coefficient (Wildman–Crippen LogP) is 2.23. The van der Waals surface area contributed by atoms with Gasteiger partial charge in [-0.25, -0.2) is 9.59 Å². The molecule has 136 valence electrons. The van der Waals surface area contributed by atoms with Crippen LogP contribution in [-0.4, -0.2) is 71.2 Å². The molecule has 0 aromatic rings. The van der Waals surface area contributed by atoms with Gasteiger partial charge in [0, 0.05) is 24.2 Å². The van der Waals surface area contributed by atoms with E-state index in [0.717, 1.165) is 25.9 Å². The van der Waals surface area contributed by atoms with Crippen molar-refractivity contribution in [2.75, 3.05) is 39.3 Å². The maximum atomic E-state index is 10.4. The molecule has 2 saturated heterocycles. The van der Waals surface area contributed by atoms with Crippen molar-refractivity contribution >= 4 is 11.9 Å². The van der Waals surface area contributed by atoms with Crippen LogP contribution in [0.5, 0.6) is 0 Å². The number of rotatable bonds is 10. The zero-order valence-electron chi connectivity index (χ0n) is 14.5. The summed E-state index contributed by atoms with van der Waals surface area (Å²) in [4.78, 5) is 25.3. The summed E-state index contributed by atoms with van der Waals surface area (Å²) >= 11 is 0. The van der Waals surface area contributed by atoms with Crippen molar-refractivity contribution in [3.05, 3.63) is 24.3 Å². The molecule has 0 saturated carbocycles. The molecule has 2 aliphatic rings. The van der Waals surface area contributed by atoms with E-state index in [9.17, 15) is 9.59 Å². The zero-order chi connectivity index (χ0) is 17.9. The first-order chi connectivity index (χ1) is 11.4. The topological polar surface area (TPSA) is 80.9 Å². The smallest absolute Gasteiger partial charge is 0.330 e. The van der Waals surface area contributed by atoms with E-state index in [-0.39, 0.29) is 0 Å². The van der Waals surface area contributed by atoms with E-state index in [1.165, 1.54) is 39.0 Å². The molecule has 2 N–H and O–H groups in total. The quantitative estimate of drug-likeness (QED) is 0.470. The van der Waals surface area contributed by atoms with E-state index in [2.05, 4.69) is 23.0 Å². The number of carbonyl (C=O) groups is 2. The molecule has 2 rings (SSSR count). The highest BCUT2D eigenvalue weighted by atomic mass is 16.4. The van der Waals surface area contributed by atoms with Crippen molar-refractivity contribution in [3.8, 4) is 0 Å². The molecule has 0 aromatic heterocycles. The fraction of sp³-hybridized carbons (Fsp3) is 0.667. The molecule has 0 unspecified atom stereocenters. The Bertz CT molecular complexity index is 452. The van der Waals surface area contributed by atoms with Gasteiger partial charge in [0.05, 0.1) is 0 Å². The van der Waals surface area contributed by atoms with Crippen LogP contribution in [0.2, 0.25) is 0 Å². The Morgan fingerprint density at radius 2 is 1.12 bits per heavy atom. The van der Waals surface area contributed by atoms with Gasteiger partial charge in [0.15, 0.2) is 0 Å². The fourth-order valence-electron chi connectivity index (χ4n) is 2.55. The SMILES string of the molecule is C=C(CCCN1CC1)C(=O)O.C=C(CCCN1CCCC1)C(=O)O. The van der Waals surface area contributed by atoms with Gasteiger partial charge in [0.2, 0.25) is 0 Å². The van der Waals surface area contributed by atoms with Gasteiger partial charge in [-0.2, -0.15) is 0 Å². The minimum absolute atomic E-state index is 0.326. The summed E-state index contributed by atoms with van der Waals surface area (Å²) in [5, 5.41) is 17.0. The Labute approximate surface area is 144 Å². The van der Waals surface area contributed by atoms with Crippen LogP contribution in [0.3, 0.4) is 0 Å². The summed E-state index contributed by atoms with van der Waals surface area (Å²) in [6.07, 6.45) is 5.66. The lowest BCUT2D eigenvalue weighted by molar-refractivity contribution is -0.133. The summed E-state index contributed by atoms with van der Waals surface area (Å²) < 4.78 is 0. The minimum Gasteiger partial charge on any atom is -0.478 e. The molecule has 0 amide bonds. The normalized spacial score (nSPS) is 17.0. The van der Waals surface area contributed by atoms with Crippen LogP contribution in [0, 0.1) is 0 Å². The second kappa shape index (κ2) is 11.0. The summed E-state index contributed by atoms with van der Waals surface area (Å²) in [5.41, 5.74) is 0.658. The Balaban J connectivity index is 0.000000243. The van der Waals surface area contributed by atoms with Gasteiger partial charge >= 0.3 is 11.9 Å². The summed E-state index contributed by atoms with van der Waals surface area (Å²) in [6.45, 7) is 13.7. The number of hydrogen-bond donors (Lipinski definition) is 2. The molecule has 0 bridgehead atoms. The molecule has 0 atom stereocenters. The van der Waals surface area contributed by atoms with Crippen LogP contribution in [0.1, 0.15) is 38.5 Å². The van der Waals surface area contributed by atoms with Crippen molar-refractivity contribution in [2.24, 2.45) is 0 Å². The molecule has 2 fully saturated rings.